The first-order valence-corrected chi connectivity index (χ1v) is 8.39. The number of nitrogen functional groups attached to an aromatic ring is 1. The first-order chi connectivity index (χ1) is 11.3. The monoisotopic (exact) mass is 345 g/mol. The number of benzene rings is 1. The van der Waals surface area contributed by atoms with Gasteiger partial charge in [-0.2, -0.15) is 10.1 Å². The zero-order valence-corrected chi connectivity index (χ0v) is 13.5. The van der Waals surface area contributed by atoms with E-state index in [9.17, 15) is 8.42 Å². The number of aromatic nitrogens is 4. The molecule has 3 rings (SSSR count). The van der Waals surface area contributed by atoms with E-state index in [4.69, 9.17) is 10.9 Å². The van der Waals surface area contributed by atoms with Crippen molar-refractivity contribution in [2.45, 2.75) is 4.90 Å². The second-order valence-electron chi connectivity index (χ2n) is 5.10. The third kappa shape index (κ3) is 3.50. The minimum atomic E-state index is -3.79. The first-order valence-electron chi connectivity index (χ1n) is 6.85. The maximum absolute atomic E-state index is 11.4. The lowest BCUT2D eigenvalue weighted by Crippen LogP contribution is -2.12. The van der Waals surface area contributed by atoms with E-state index in [0.717, 1.165) is 5.56 Å². The van der Waals surface area contributed by atoms with Crippen LogP contribution in [0.3, 0.4) is 0 Å². The van der Waals surface area contributed by atoms with Crippen molar-refractivity contribution in [3.8, 4) is 11.3 Å². The molecule has 0 atom stereocenters. The summed E-state index contributed by atoms with van der Waals surface area (Å²) in [5, 5.41) is 12.1. The number of primary sulfonamides is 1. The summed E-state index contributed by atoms with van der Waals surface area (Å²) in [5.41, 5.74) is 7.68. The third-order valence-electron chi connectivity index (χ3n) is 3.17. The van der Waals surface area contributed by atoms with Crippen molar-refractivity contribution < 1.29 is 8.42 Å². The smallest absolute Gasteiger partial charge is 0.238 e. The molecule has 0 aliphatic rings. The highest BCUT2D eigenvalue weighted by atomic mass is 32.2. The van der Waals surface area contributed by atoms with E-state index < -0.39 is 10.0 Å². The molecule has 10 heteroatoms. The van der Waals surface area contributed by atoms with E-state index in [1.165, 1.54) is 12.1 Å². The summed E-state index contributed by atoms with van der Waals surface area (Å²) < 4.78 is 24.5. The van der Waals surface area contributed by atoms with Gasteiger partial charge in [0.2, 0.25) is 16.0 Å². The van der Waals surface area contributed by atoms with Crippen LogP contribution in [-0.4, -0.2) is 28.2 Å². The molecule has 5 N–H and O–H groups in total. The summed E-state index contributed by atoms with van der Waals surface area (Å²) >= 11 is 0. The van der Waals surface area contributed by atoms with Crippen molar-refractivity contribution in [3.05, 3.63) is 42.7 Å². The molecule has 0 radical (unpaired) electrons. The lowest BCUT2D eigenvalue weighted by atomic mass is 10.2. The van der Waals surface area contributed by atoms with Crippen molar-refractivity contribution in [2.24, 2.45) is 12.2 Å². The van der Waals surface area contributed by atoms with Gasteiger partial charge in [-0.05, 0) is 18.2 Å². The average molecular weight is 345 g/mol. The summed E-state index contributed by atoms with van der Waals surface area (Å²) in [4.78, 5) is 8.46. The average Bonchev–Trinajstić information content (AvgIpc) is 2.93. The lowest BCUT2D eigenvalue weighted by Gasteiger charge is -2.08. The van der Waals surface area contributed by atoms with Gasteiger partial charge in [0.25, 0.3) is 0 Å². The van der Waals surface area contributed by atoms with Gasteiger partial charge in [0.1, 0.15) is 5.82 Å². The van der Waals surface area contributed by atoms with Crippen LogP contribution in [0.4, 0.5) is 17.5 Å². The highest BCUT2D eigenvalue weighted by Gasteiger charge is 2.10. The molecule has 9 nitrogen and oxygen atoms in total. The highest BCUT2D eigenvalue weighted by molar-refractivity contribution is 7.89. The Morgan fingerprint density at radius 2 is 2.00 bits per heavy atom. The number of aryl methyl sites for hydroxylation is 1. The first kappa shape index (κ1) is 15.9. The predicted octanol–water partition coefficient (Wildman–Crippen LogP) is 0.850. The minimum Gasteiger partial charge on any atom is -0.384 e. The molecular weight excluding hydrogens is 330 g/mol. The van der Waals surface area contributed by atoms with Gasteiger partial charge in [-0.15, -0.1) is 0 Å². The van der Waals surface area contributed by atoms with Crippen molar-refractivity contribution in [3.63, 3.8) is 0 Å². The lowest BCUT2D eigenvalue weighted by molar-refractivity contribution is 0.598. The Morgan fingerprint density at radius 1 is 1.21 bits per heavy atom. The minimum absolute atomic E-state index is 0.0103. The van der Waals surface area contributed by atoms with E-state index in [1.807, 2.05) is 0 Å². The molecule has 0 aliphatic carbocycles. The van der Waals surface area contributed by atoms with Crippen LogP contribution in [0.15, 0.2) is 47.6 Å². The number of nitrogens with zero attached hydrogens (tertiary/aromatic N) is 4. The van der Waals surface area contributed by atoms with Gasteiger partial charge in [0, 0.05) is 30.6 Å². The molecule has 0 aliphatic heterocycles. The predicted molar refractivity (Wildman–Crippen MR) is 89.7 cm³/mol. The molecule has 0 bridgehead atoms. The molecule has 0 spiro atoms. The van der Waals surface area contributed by atoms with Crippen LogP contribution in [0.25, 0.3) is 11.3 Å². The van der Waals surface area contributed by atoms with Crippen LogP contribution in [0, 0.1) is 0 Å². The number of nitrogens with two attached hydrogens (primary N) is 2. The zero-order valence-electron chi connectivity index (χ0n) is 12.7. The van der Waals surface area contributed by atoms with Gasteiger partial charge in [-0.3, -0.25) is 4.68 Å². The SMILES string of the molecule is Cn1cc(-c2cc(N)nc(Nc3cccc(S(N)(=O)=O)c3)n2)cn1. The molecule has 0 unspecified atom stereocenters. The number of sulfonamides is 1. The molecule has 1 aromatic carbocycles. The Labute approximate surface area is 138 Å². The molecule has 3 aromatic rings. The maximum atomic E-state index is 11.4. The van der Waals surface area contributed by atoms with Crippen LogP contribution in [-0.2, 0) is 17.1 Å². The fraction of sp³-hybridized carbons (Fsp3) is 0.0714. The third-order valence-corrected chi connectivity index (χ3v) is 4.08. The van der Waals surface area contributed by atoms with Crippen LogP contribution in [0.5, 0.6) is 0 Å². The number of hydrogen-bond acceptors (Lipinski definition) is 7. The van der Waals surface area contributed by atoms with Crippen molar-refractivity contribution in [1.82, 2.24) is 19.7 Å². The second kappa shape index (κ2) is 5.91. The van der Waals surface area contributed by atoms with Gasteiger partial charge in [0.05, 0.1) is 16.8 Å². The van der Waals surface area contributed by atoms with Crippen LogP contribution in [0.2, 0.25) is 0 Å². The van der Waals surface area contributed by atoms with Gasteiger partial charge in [-0.1, -0.05) is 6.07 Å². The number of nitrogens with one attached hydrogen (secondary N) is 1. The summed E-state index contributed by atoms with van der Waals surface area (Å²) in [6.07, 6.45) is 3.46. The fourth-order valence-electron chi connectivity index (χ4n) is 2.10. The molecule has 0 amide bonds. The Kier molecular flexibility index (Phi) is 3.91. The zero-order chi connectivity index (χ0) is 17.3. The number of hydrogen-bond donors (Lipinski definition) is 3. The van der Waals surface area contributed by atoms with E-state index in [0.29, 0.717) is 11.4 Å². The largest absolute Gasteiger partial charge is 0.384 e. The molecule has 0 saturated carbocycles. The van der Waals surface area contributed by atoms with Crippen LogP contribution in [0.1, 0.15) is 0 Å². The topological polar surface area (TPSA) is 142 Å². The molecular formula is C14H15N7O2S. The Morgan fingerprint density at radius 3 is 2.67 bits per heavy atom. The molecule has 124 valence electrons. The Hall–Kier alpha value is -2.98. The van der Waals surface area contributed by atoms with Gasteiger partial charge in [0.15, 0.2) is 0 Å². The number of rotatable bonds is 4. The molecule has 2 heterocycles. The van der Waals surface area contributed by atoms with E-state index in [-0.39, 0.29) is 16.7 Å². The quantitative estimate of drug-likeness (QED) is 0.636. The van der Waals surface area contributed by atoms with E-state index >= 15 is 0 Å². The number of anilines is 3. The molecule has 2 aromatic heterocycles. The standard InChI is InChI=1S/C14H15N7O2S/c1-21-8-9(7-17-21)12-6-13(15)20-14(19-12)18-10-3-2-4-11(5-10)24(16,22)23/h2-8H,1H3,(H2,16,22,23)(H3,15,18,19,20). The van der Waals surface area contributed by atoms with Crippen LogP contribution >= 0.6 is 0 Å². The van der Waals surface area contributed by atoms with Gasteiger partial charge < -0.3 is 11.1 Å². The van der Waals surface area contributed by atoms with Gasteiger partial charge in [-0.25, -0.2) is 18.5 Å². The summed E-state index contributed by atoms with van der Waals surface area (Å²) in [6.45, 7) is 0. The fourth-order valence-corrected chi connectivity index (χ4v) is 2.66. The van der Waals surface area contributed by atoms with E-state index in [2.05, 4.69) is 20.4 Å². The Balaban J connectivity index is 1.95. The molecule has 0 fully saturated rings. The summed E-state index contributed by atoms with van der Waals surface area (Å²) in [5.74, 6) is 0.509. The molecule has 0 saturated heterocycles. The summed E-state index contributed by atoms with van der Waals surface area (Å²) in [6, 6.07) is 7.66. The van der Waals surface area contributed by atoms with Crippen LogP contribution < -0.4 is 16.2 Å². The van der Waals surface area contributed by atoms with E-state index in [1.54, 1.807) is 42.3 Å². The van der Waals surface area contributed by atoms with Gasteiger partial charge >= 0.3 is 0 Å². The highest BCUT2D eigenvalue weighted by Crippen LogP contribution is 2.22. The Bertz CT molecular complexity index is 998. The molecule has 24 heavy (non-hydrogen) atoms. The summed E-state index contributed by atoms with van der Waals surface area (Å²) in [7, 11) is -1.99. The second-order valence-corrected chi connectivity index (χ2v) is 6.66. The van der Waals surface area contributed by atoms with Crippen molar-refractivity contribution >= 4 is 27.5 Å². The van der Waals surface area contributed by atoms with Crippen molar-refractivity contribution in [2.75, 3.05) is 11.1 Å². The maximum Gasteiger partial charge on any atom is 0.238 e. The van der Waals surface area contributed by atoms with Crippen molar-refractivity contribution in [1.29, 1.82) is 0 Å². The normalized spacial score (nSPS) is 11.4.